The largest absolute Gasteiger partial charge is 0.322 e. The molecule has 1 aromatic heterocycles. The molecule has 0 aliphatic carbocycles. The van der Waals surface area contributed by atoms with Gasteiger partial charge in [-0.15, -0.1) is 11.8 Å². The summed E-state index contributed by atoms with van der Waals surface area (Å²) in [4.78, 5) is 16.4. The van der Waals surface area contributed by atoms with Crippen LogP contribution in [0.25, 0.3) is 0 Å². The molecule has 2 rings (SSSR count). The number of hydrogen-bond donors (Lipinski definition) is 1. The van der Waals surface area contributed by atoms with E-state index in [1.807, 2.05) is 19.1 Å². The molecule has 1 heterocycles. The number of anilines is 1. The Morgan fingerprint density at radius 3 is 2.68 bits per heavy atom. The number of thioether (sulfide) groups is 1. The Kier molecular flexibility index (Phi) is 5.13. The van der Waals surface area contributed by atoms with Crippen molar-refractivity contribution in [2.45, 2.75) is 11.9 Å². The molecule has 1 amide bonds. The van der Waals surface area contributed by atoms with E-state index < -0.39 is 0 Å². The standard InChI is InChI=1S/C16H12N4OS/c1-2-22-15-8-11(5-6-19-15)16(21)20-14-4-3-12(9-17)13(7-14)10-18/h3-8H,2H2,1H3,(H,20,21). The van der Waals surface area contributed by atoms with Gasteiger partial charge in [0.15, 0.2) is 0 Å². The van der Waals surface area contributed by atoms with Crippen LogP contribution in [-0.2, 0) is 0 Å². The number of benzene rings is 1. The molecule has 2 aromatic rings. The van der Waals surface area contributed by atoms with Crippen LogP contribution in [0.3, 0.4) is 0 Å². The van der Waals surface area contributed by atoms with Crippen LogP contribution in [0.1, 0.15) is 28.4 Å². The SMILES string of the molecule is CCSc1cc(C(=O)Nc2ccc(C#N)c(C#N)c2)ccn1. The van der Waals surface area contributed by atoms with Crippen LogP contribution in [0.15, 0.2) is 41.6 Å². The van der Waals surface area contributed by atoms with Gasteiger partial charge in [0.05, 0.1) is 16.2 Å². The van der Waals surface area contributed by atoms with Crippen molar-refractivity contribution in [3.63, 3.8) is 0 Å². The summed E-state index contributed by atoms with van der Waals surface area (Å²) in [7, 11) is 0. The average Bonchev–Trinajstić information content (AvgIpc) is 2.55. The Balaban J connectivity index is 2.21. The van der Waals surface area contributed by atoms with Crippen LogP contribution in [-0.4, -0.2) is 16.6 Å². The van der Waals surface area contributed by atoms with Crippen LogP contribution in [0.5, 0.6) is 0 Å². The molecule has 0 bridgehead atoms. The van der Waals surface area contributed by atoms with E-state index in [0.29, 0.717) is 11.3 Å². The number of hydrogen-bond acceptors (Lipinski definition) is 5. The number of pyridine rings is 1. The Bertz CT molecular complexity index is 789. The van der Waals surface area contributed by atoms with Crippen LogP contribution in [0, 0.1) is 22.7 Å². The summed E-state index contributed by atoms with van der Waals surface area (Å²) in [6.45, 7) is 2.01. The van der Waals surface area contributed by atoms with Crippen molar-refractivity contribution >= 4 is 23.4 Å². The van der Waals surface area contributed by atoms with E-state index in [1.165, 1.54) is 12.1 Å². The van der Waals surface area contributed by atoms with E-state index >= 15 is 0 Å². The third kappa shape index (κ3) is 3.63. The predicted molar refractivity (Wildman–Crippen MR) is 84.5 cm³/mol. The average molecular weight is 308 g/mol. The minimum absolute atomic E-state index is 0.234. The molecule has 0 saturated heterocycles. The fourth-order valence-corrected chi connectivity index (χ4v) is 2.43. The maximum Gasteiger partial charge on any atom is 0.255 e. The van der Waals surface area contributed by atoms with Gasteiger partial charge in [0.25, 0.3) is 5.91 Å². The number of carbonyl (C=O) groups excluding carboxylic acids is 1. The molecule has 0 unspecified atom stereocenters. The maximum atomic E-state index is 12.2. The topological polar surface area (TPSA) is 89.6 Å². The van der Waals surface area contributed by atoms with E-state index in [1.54, 1.807) is 36.2 Å². The van der Waals surface area contributed by atoms with Crippen molar-refractivity contribution in [3.8, 4) is 12.1 Å². The van der Waals surface area contributed by atoms with Gasteiger partial charge < -0.3 is 5.32 Å². The number of amides is 1. The van der Waals surface area contributed by atoms with Gasteiger partial charge in [0.1, 0.15) is 12.1 Å². The highest BCUT2D eigenvalue weighted by Gasteiger charge is 2.09. The highest BCUT2D eigenvalue weighted by atomic mass is 32.2. The quantitative estimate of drug-likeness (QED) is 0.876. The van der Waals surface area contributed by atoms with E-state index in [2.05, 4.69) is 10.3 Å². The van der Waals surface area contributed by atoms with Gasteiger partial charge in [-0.2, -0.15) is 10.5 Å². The van der Waals surface area contributed by atoms with Crippen molar-refractivity contribution in [2.24, 2.45) is 0 Å². The summed E-state index contributed by atoms with van der Waals surface area (Å²) in [5, 5.41) is 21.4. The van der Waals surface area contributed by atoms with Gasteiger partial charge in [-0.05, 0) is 36.1 Å². The first-order valence-corrected chi connectivity index (χ1v) is 7.51. The molecule has 0 spiro atoms. The molecule has 1 aromatic carbocycles. The third-order valence-corrected chi connectivity index (χ3v) is 3.62. The molecule has 108 valence electrons. The van der Waals surface area contributed by atoms with Crippen LogP contribution in [0.2, 0.25) is 0 Å². The second kappa shape index (κ2) is 7.26. The molecule has 1 N–H and O–H groups in total. The smallest absolute Gasteiger partial charge is 0.255 e. The fraction of sp³-hybridized carbons (Fsp3) is 0.125. The van der Waals surface area contributed by atoms with Crippen LogP contribution in [0.4, 0.5) is 5.69 Å². The molecule has 0 radical (unpaired) electrons. The summed E-state index contributed by atoms with van der Waals surface area (Å²) >= 11 is 1.55. The predicted octanol–water partition coefficient (Wildman–Crippen LogP) is 3.19. The highest BCUT2D eigenvalue weighted by molar-refractivity contribution is 7.99. The van der Waals surface area contributed by atoms with Crippen molar-refractivity contribution in [1.29, 1.82) is 10.5 Å². The first kappa shape index (κ1) is 15.6. The lowest BCUT2D eigenvalue weighted by molar-refractivity contribution is 0.102. The molecule has 22 heavy (non-hydrogen) atoms. The van der Waals surface area contributed by atoms with E-state index in [4.69, 9.17) is 10.5 Å². The van der Waals surface area contributed by atoms with Gasteiger partial charge in [-0.1, -0.05) is 6.92 Å². The van der Waals surface area contributed by atoms with Gasteiger partial charge >= 0.3 is 0 Å². The number of nitrogens with one attached hydrogen (secondary N) is 1. The Hall–Kier alpha value is -2.83. The van der Waals surface area contributed by atoms with Crippen LogP contribution < -0.4 is 5.32 Å². The molecular weight excluding hydrogens is 296 g/mol. The molecule has 6 heteroatoms. The molecule has 0 saturated carbocycles. The summed E-state index contributed by atoms with van der Waals surface area (Å²) in [6.07, 6.45) is 1.59. The zero-order valence-electron chi connectivity index (χ0n) is 11.8. The number of aromatic nitrogens is 1. The second-order valence-corrected chi connectivity index (χ2v) is 5.54. The fourth-order valence-electron chi connectivity index (χ4n) is 1.79. The first-order chi connectivity index (χ1) is 10.7. The summed E-state index contributed by atoms with van der Waals surface area (Å²) in [6, 6.07) is 11.8. The number of nitriles is 2. The van der Waals surface area contributed by atoms with Gasteiger partial charge in [-0.25, -0.2) is 4.98 Å². The first-order valence-electron chi connectivity index (χ1n) is 6.52. The maximum absolute atomic E-state index is 12.2. The molecule has 0 aliphatic rings. The molecule has 0 atom stereocenters. The third-order valence-electron chi connectivity index (χ3n) is 2.81. The lowest BCUT2D eigenvalue weighted by Crippen LogP contribution is -2.12. The minimum atomic E-state index is -0.283. The molecular formula is C16H12N4OS. The molecule has 0 aliphatic heterocycles. The minimum Gasteiger partial charge on any atom is -0.322 e. The second-order valence-electron chi connectivity index (χ2n) is 4.25. The summed E-state index contributed by atoms with van der Waals surface area (Å²) in [5.74, 6) is 0.591. The number of nitrogens with zero attached hydrogens (tertiary/aromatic N) is 3. The van der Waals surface area contributed by atoms with Gasteiger partial charge in [0.2, 0.25) is 0 Å². The number of rotatable bonds is 4. The summed E-state index contributed by atoms with van der Waals surface area (Å²) in [5.41, 5.74) is 1.49. The van der Waals surface area contributed by atoms with Crippen LogP contribution >= 0.6 is 11.8 Å². The Morgan fingerprint density at radius 1 is 1.23 bits per heavy atom. The van der Waals surface area contributed by atoms with Crippen molar-refractivity contribution in [2.75, 3.05) is 11.1 Å². The Labute approximate surface area is 132 Å². The zero-order valence-corrected chi connectivity index (χ0v) is 12.6. The van der Waals surface area contributed by atoms with E-state index in [0.717, 1.165) is 10.8 Å². The van der Waals surface area contributed by atoms with Gasteiger partial charge in [0, 0.05) is 17.4 Å². The van der Waals surface area contributed by atoms with Crippen molar-refractivity contribution in [1.82, 2.24) is 4.98 Å². The molecule has 0 fully saturated rings. The van der Waals surface area contributed by atoms with Crippen molar-refractivity contribution < 1.29 is 4.79 Å². The van der Waals surface area contributed by atoms with Gasteiger partial charge in [-0.3, -0.25) is 4.79 Å². The van der Waals surface area contributed by atoms with E-state index in [-0.39, 0.29) is 17.0 Å². The molecule has 5 nitrogen and oxygen atoms in total. The highest BCUT2D eigenvalue weighted by Crippen LogP contribution is 2.18. The zero-order chi connectivity index (χ0) is 15.9. The van der Waals surface area contributed by atoms with E-state index in [9.17, 15) is 4.79 Å². The monoisotopic (exact) mass is 308 g/mol. The van der Waals surface area contributed by atoms with Crippen molar-refractivity contribution in [3.05, 3.63) is 53.2 Å². The lowest BCUT2D eigenvalue weighted by atomic mass is 10.1. The number of carbonyl (C=O) groups is 1. The lowest BCUT2D eigenvalue weighted by Gasteiger charge is -2.07. The Morgan fingerprint density at radius 2 is 2.00 bits per heavy atom. The normalized spacial score (nSPS) is 9.59. The summed E-state index contributed by atoms with van der Waals surface area (Å²) < 4.78 is 0.